The lowest BCUT2D eigenvalue weighted by Crippen LogP contribution is -2.28. The van der Waals surface area contributed by atoms with E-state index in [2.05, 4.69) is 36.2 Å². The van der Waals surface area contributed by atoms with Gasteiger partial charge in [-0.1, -0.05) is 6.92 Å². The summed E-state index contributed by atoms with van der Waals surface area (Å²) < 4.78 is 0. The van der Waals surface area contributed by atoms with Crippen molar-refractivity contribution in [3.8, 4) is 11.8 Å². The molecule has 0 aliphatic carbocycles. The maximum Gasteiger partial charge on any atom is 0.0539 e. The molecule has 0 saturated heterocycles. The molecule has 16 heavy (non-hydrogen) atoms. The first-order chi connectivity index (χ1) is 7.81. The zero-order valence-electron chi connectivity index (χ0n) is 10.0. The van der Waals surface area contributed by atoms with Gasteiger partial charge in [0.05, 0.1) is 6.04 Å². The molecular weight excluding hydrogens is 216 g/mol. The Kier molecular flexibility index (Phi) is 6.17. The van der Waals surface area contributed by atoms with Crippen molar-refractivity contribution in [3.63, 3.8) is 0 Å². The van der Waals surface area contributed by atoms with Gasteiger partial charge in [-0.05, 0) is 25.5 Å². The van der Waals surface area contributed by atoms with Crippen molar-refractivity contribution in [1.29, 1.82) is 0 Å². The summed E-state index contributed by atoms with van der Waals surface area (Å²) in [6.07, 6.45) is 1.99. The molecule has 0 radical (unpaired) electrons. The zero-order chi connectivity index (χ0) is 11.8. The molecule has 0 aromatic carbocycles. The van der Waals surface area contributed by atoms with Crippen LogP contribution in [-0.2, 0) is 6.42 Å². The predicted molar refractivity (Wildman–Crippen MR) is 71.6 cm³/mol. The molecule has 1 aromatic heterocycles. The average molecular weight is 236 g/mol. The molecule has 1 atom stereocenters. The maximum atomic E-state index is 5.78. The number of nitrogens with one attached hydrogen (secondary N) is 1. The van der Waals surface area contributed by atoms with E-state index in [0.717, 1.165) is 19.4 Å². The van der Waals surface area contributed by atoms with Crippen LogP contribution in [0.5, 0.6) is 0 Å². The highest BCUT2D eigenvalue weighted by Crippen LogP contribution is 2.23. The Morgan fingerprint density at radius 2 is 2.31 bits per heavy atom. The van der Waals surface area contributed by atoms with Crippen molar-refractivity contribution in [2.45, 2.75) is 32.7 Å². The van der Waals surface area contributed by atoms with Crippen LogP contribution in [-0.4, -0.2) is 13.1 Å². The Bertz CT molecular complexity index is 359. The van der Waals surface area contributed by atoms with Crippen molar-refractivity contribution >= 4 is 11.3 Å². The summed E-state index contributed by atoms with van der Waals surface area (Å²) in [7, 11) is 0. The monoisotopic (exact) mass is 236 g/mol. The van der Waals surface area contributed by atoms with Gasteiger partial charge in [-0.25, -0.2) is 0 Å². The molecule has 1 rings (SSSR count). The number of aryl methyl sites for hydroxylation is 1. The van der Waals surface area contributed by atoms with E-state index in [-0.39, 0.29) is 6.04 Å². The van der Waals surface area contributed by atoms with E-state index in [0.29, 0.717) is 6.54 Å². The minimum absolute atomic E-state index is 0.281. The largest absolute Gasteiger partial charge is 0.329 e. The van der Waals surface area contributed by atoms with E-state index >= 15 is 0 Å². The second-order valence-corrected chi connectivity index (χ2v) is 4.78. The quantitative estimate of drug-likeness (QED) is 0.587. The number of hydrogen-bond acceptors (Lipinski definition) is 3. The second-order valence-electron chi connectivity index (χ2n) is 3.58. The molecule has 0 amide bonds. The first-order valence-corrected chi connectivity index (χ1v) is 6.55. The molecule has 2 nitrogen and oxygen atoms in total. The number of thiophene rings is 1. The smallest absolute Gasteiger partial charge is 0.0539 e. The fourth-order valence-corrected chi connectivity index (χ4v) is 2.55. The summed E-state index contributed by atoms with van der Waals surface area (Å²) in [4.78, 5) is 2.76. The Morgan fingerprint density at radius 1 is 1.50 bits per heavy atom. The summed E-state index contributed by atoms with van der Waals surface area (Å²) in [6, 6.07) is 4.65. The standard InChI is InChI=1S/C13H20N2S/c1-3-5-6-9-15-12(10-14)13-8-7-11(4-2)16-13/h7-8,12,15H,4,6,9-10,14H2,1-2H3. The van der Waals surface area contributed by atoms with E-state index in [1.165, 1.54) is 9.75 Å². The van der Waals surface area contributed by atoms with Gasteiger partial charge in [0.15, 0.2) is 0 Å². The third-order valence-corrected chi connectivity index (χ3v) is 3.77. The lowest BCUT2D eigenvalue weighted by Gasteiger charge is -2.14. The van der Waals surface area contributed by atoms with Gasteiger partial charge in [0.1, 0.15) is 0 Å². The lowest BCUT2D eigenvalue weighted by molar-refractivity contribution is 0.558. The first kappa shape index (κ1) is 13.2. The van der Waals surface area contributed by atoms with E-state index in [1.807, 2.05) is 18.3 Å². The van der Waals surface area contributed by atoms with Gasteiger partial charge in [0.25, 0.3) is 0 Å². The second kappa shape index (κ2) is 7.45. The van der Waals surface area contributed by atoms with E-state index in [9.17, 15) is 0 Å². The lowest BCUT2D eigenvalue weighted by atomic mass is 10.2. The van der Waals surface area contributed by atoms with Crippen LogP contribution in [0.25, 0.3) is 0 Å². The number of rotatable bonds is 6. The van der Waals surface area contributed by atoms with Crippen molar-refractivity contribution in [3.05, 3.63) is 21.9 Å². The Hall–Kier alpha value is -0.820. The van der Waals surface area contributed by atoms with Gasteiger partial charge in [-0.15, -0.1) is 23.2 Å². The Labute approximate surface area is 102 Å². The van der Waals surface area contributed by atoms with Gasteiger partial charge in [-0.3, -0.25) is 0 Å². The molecule has 3 N–H and O–H groups in total. The molecule has 0 bridgehead atoms. The molecule has 3 heteroatoms. The van der Waals surface area contributed by atoms with E-state index in [4.69, 9.17) is 5.73 Å². The number of nitrogens with two attached hydrogens (primary N) is 1. The SMILES string of the molecule is CC#CCCNC(CN)c1ccc(CC)s1. The normalized spacial score (nSPS) is 11.9. The highest BCUT2D eigenvalue weighted by Gasteiger charge is 2.10. The molecule has 1 unspecified atom stereocenters. The van der Waals surface area contributed by atoms with Crippen molar-refractivity contribution in [1.82, 2.24) is 5.32 Å². The van der Waals surface area contributed by atoms with E-state index < -0.39 is 0 Å². The molecule has 0 saturated carbocycles. The molecule has 1 heterocycles. The summed E-state index contributed by atoms with van der Waals surface area (Å²) in [5, 5.41) is 3.44. The topological polar surface area (TPSA) is 38.0 Å². The average Bonchev–Trinajstić information content (AvgIpc) is 2.78. The highest BCUT2D eigenvalue weighted by atomic mass is 32.1. The fraction of sp³-hybridized carbons (Fsp3) is 0.538. The van der Waals surface area contributed by atoms with Crippen LogP contribution in [0, 0.1) is 11.8 Å². The summed E-state index contributed by atoms with van der Waals surface area (Å²) in [5.41, 5.74) is 5.78. The van der Waals surface area contributed by atoms with Gasteiger partial charge >= 0.3 is 0 Å². The summed E-state index contributed by atoms with van der Waals surface area (Å²) >= 11 is 1.85. The van der Waals surface area contributed by atoms with Crippen LogP contribution in [0.3, 0.4) is 0 Å². The number of hydrogen-bond donors (Lipinski definition) is 2. The van der Waals surface area contributed by atoms with Crippen LogP contribution < -0.4 is 11.1 Å². The fourth-order valence-electron chi connectivity index (χ4n) is 1.51. The molecule has 0 fully saturated rings. The molecule has 0 aliphatic rings. The summed E-state index contributed by atoms with van der Waals surface area (Å²) in [5.74, 6) is 5.94. The van der Waals surface area contributed by atoms with Gasteiger partial charge < -0.3 is 11.1 Å². The van der Waals surface area contributed by atoms with Crippen molar-refractivity contribution in [2.24, 2.45) is 5.73 Å². The highest BCUT2D eigenvalue weighted by molar-refractivity contribution is 7.12. The van der Waals surface area contributed by atoms with Crippen LogP contribution >= 0.6 is 11.3 Å². The third-order valence-electron chi connectivity index (χ3n) is 2.43. The Morgan fingerprint density at radius 3 is 2.88 bits per heavy atom. The minimum atomic E-state index is 0.281. The van der Waals surface area contributed by atoms with Crippen molar-refractivity contribution < 1.29 is 0 Å². The zero-order valence-corrected chi connectivity index (χ0v) is 10.9. The van der Waals surface area contributed by atoms with Crippen LogP contribution in [0.4, 0.5) is 0 Å². The maximum absolute atomic E-state index is 5.78. The third kappa shape index (κ3) is 3.97. The van der Waals surface area contributed by atoms with E-state index in [1.54, 1.807) is 0 Å². The molecule has 0 aliphatic heterocycles. The predicted octanol–water partition coefficient (Wildman–Crippen LogP) is 2.31. The minimum Gasteiger partial charge on any atom is -0.329 e. The van der Waals surface area contributed by atoms with Crippen LogP contribution in [0.15, 0.2) is 12.1 Å². The molecule has 0 spiro atoms. The van der Waals surface area contributed by atoms with Crippen LogP contribution in [0.1, 0.15) is 36.1 Å². The van der Waals surface area contributed by atoms with Gasteiger partial charge in [-0.2, -0.15) is 0 Å². The Balaban J connectivity index is 2.48. The molecular formula is C13H20N2S. The van der Waals surface area contributed by atoms with Gasteiger partial charge in [0, 0.05) is 29.3 Å². The first-order valence-electron chi connectivity index (χ1n) is 5.73. The summed E-state index contributed by atoms with van der Waals surface area (Å²) in [6.45, 7) is 5.59. The van der Waals surface area contributed by atoms with Crippen LogP contribution in [0.2, 0.25) is 0 Å². The molecule has 1 aromatic rings. The van der Waals surface area contributed by atoms with Gasteiger partial charge in [0.2, 0.25) is 0 Å². The van der Waals surface area contributed by atoms with Crippen molar-refractivity contribution in [2.75, 3.05) is 13.1 Å². The molecule has 88 valence electrons.